The maximum Gasteiger partial charge on any atom is 0.453 e. The molecule has 0 amide bonds. The van der Waals surface area contributed by atoms with Gasteiger partial charge in [-0.25, -0.2) is 0 Å². The van der Waals surface area contributed by atoms with Crippen LogP contribution in [0.5, 0.6) is 17.2 Å². The Balaban J connectivity index is 1.88. The average Bonchev–Trinajstić information content (AvgIpc) is 2.71. The van der Waals surface area contributed by atoms with Gasteiger partial charge in [-0.3, -0.25) is 4.79 Å². The van der Waals surface area contributed by atoms with Gasteiger partial charge in [-0.05, 0) is 49.2 Å². The summed E-state index contributed by atoms with van der Waals surface area (Å²) >= 11 is 0. The van der Waals surface area contributed by atoms with E-state index in [0.717, 1.165) is 16.0 Å². The Labute approximate surface area is 181 Å². The quantitative estimate of drug-likeness (QED) is 0.638. The van der Waals surface area contributed by atoms with Gasteiger partial charge in [0.25, 0.3) is 5.76 Å². The van der Waals surface area contributed by atoms with Crippen LogP contribution in [0.1, 0.15) is 22.5 Å². The van der Waals surface area contributed by atoms with Crippen LogP contribution in [0.2, 0.25) is 0 Å². The number of phenols is 1. The first-order valence-corrected chi connectivity index (χ1v) is 10.2. The molecule has 0 aliphatic carbocycles. The maximum atomic E-state index is 13.9. The number of morpholine rings is 1. The van der Waals surface area contributed by atoms with E-state index in [1.807, 2.05) is 6.07 Å². The van der Waals surface area contributed by atoms with Crippen LogP contribution < -0.4 is 15.1 Å². The Morgan fingerprint density at radius 3 is 2.38 bits per heavy atom. The molecule has 0 unspecified atom stereocenters. The van der Waals surface area contributed by atoms with Gasteiger partial charge in [0.05, 0.1) is 24.2 Å². The number of ether oxygens (including phenoxy) is 2. The Kier molecular flexibility index (Phi) is 5.87. The van der Waals surface area contributed by atoms with Gasteiger partial charge in [0.15, 0.2) is 5.58 Å². The molecule has 0 radical (unpaired) electrons. The predicted molar refractivity (Wildman–Crippen MR) is 110 cm³/mol. The second kappa shape index (κ2) is 8.48. The third-order valence-corrected chi connectivity index (χ3v) is 5.40. The molecular formula is C23H23F3NO5+. The normalized spacial score (nSPS) is 15.3. The topological polar surface area (TPSA) is 73.3 Å². The first-order valence-electron chi connectivity index (χ1n) is 10.2. The van der Waals surface area contributed by atoms with Crippen molar-refractivity contribution in [3.63, 3.8) is 0 Å². The summed E-state index contributed by atoms with van der Waals surface area (Å²) in [7, 11) is 0. The Morgan fingerprint density at radius 2 is 1.75 bits per heavy atom. The Hall–Kier alpha value is -3.04. The number of aromatic hydroxyl groups is 1. The van der Waals surface area contributed by atoms with Gasteiger partial charge in [0.1, 0.15) is 31.1 Å². The van der Waals surface area contributed by atoms with Crippen molar-refractivity contribution in [2.45, 2.75) is 26.6 Å². The molecule has 9 heteroatoms. The minimum Gasteiger partial charge on any atom is -0.507 e. The summed E-state index contributed by atoms with van der Waals surface area (Å²) in [6.07, 6.45) is -4.98. The van der Waals surface area contributed by atoms with Crippen molar-refractivity contribution in [3.8, 4) is 17.2 Å². The summed E-state index contributed by atoms with van der Waals surface area (Å²) in [6, 6.07) is 7.47. The van der Waals surface area contributed by atoms with E-state index in [-0.39, 0.29) is 34.6 Å². The molecule has 0 bridgehead atoms. The van der Waals surface area contributed by atoms with E-state index < -0.39 is 23.1 Å². The summed E-state index contributed by atoms with van der Waals surface area (Å²) in [4.78, 5) is 14.1. The standard InChI is InChI=1S/C23H22F3NO5/c1-13-9-14(2)11-15(10-13)31-21-19(29)16-3-4-18(28)17(12-27-5-7-30-8-6-27)20(16)32-22(21)23(24,25)26/h3-4,9-11,28H,5-8,12H2,1-2H3/p+1. The van der Waals surface area contributed by atoms with Gasteiger partial charge in [0, 0.05) is 0 Å². The van der Waals surface area contributed by atoms with Crippen LogP contribution in [0.4, 0.5) is 13.2 Å². The van der Waals surface area contributed by atoms with Crippen LogP contribution in [0.25, 0.3) is 11.0 Å². The highest BCUT2D eigenvalue weighted by molar-refractivity contribution is 5.83. The van der Waals surface area contributed by atoms with Crippen molar-refractivity contribution in [1.29, 1.82) is 0 Å². The second-order valence-corrected chi connectivity index (χ2v) is 7.99. The van der Waals surface area contributed by atoms with Crippen molar-refractivity contribution < 1.29 is 37.1 Å². The number of fused-ring (bicyclic) bond motifs is 1. The van der Waals surface area contributed by atoms with Crippen molar-refractivity contribution in [1.82, 2.24) is 0 Å². The summed E-state index contributed by atoms with van der Waals surface area (Å²) in [5.74, 6) is -2.57. The summed E-state index contributed by atoms with van der Waals surface area (Å²) in [5.41, 5.74) is 0.476. The minimum absolute atomic E-state index is 0.0853. The van der Waals surface area contributed by atoms with Gasteiger partial charge < -0.3 is 23.9 Å². The Morgan fingerprint density at radius 1 is 1.09 bits per heavy atom. The number of rotatable bonds is 4. The smallest absolute Gasteiger partial charge is 0.453 e. The lowest BCUT2D eigenvalue weighted by molar-refractivity contribution is -0.921. The number of phenolic OH excluding ortho intramolecular Hbond substituents is 1. The molecule has 2 aromatic carbocycles. The largest absolute Gasteiger partial charge is 0.507 e. The number of hydrogen-bond acceptors (Lipinski definition) is 5. The van der Waals surface area contributed by atoms with Crippen molar-refractivity contribution in [2.75, 3.05) is 26.3 Å². The van der Waals surface area contributed by atoms with Crippen molar-refractivity contribution >= 4 is 11.0 Å². The van der Waals surface area contributed by atoms with Gasteiger partial charge in [-0.1, -0.05) is 6.07 Å². The number of alkyl halides is 3. The molecular weight excluding hydrogens is 427 g/mol. The molecule has 2 N–H and O–H groups in total. The van der Waals surface area contributed by atoms with E-state index in [2.05, 4.69) is 0 Å². The first-order chi connectivity index (χ1) is 15.1. The molecule has 1 fully saturated rings. The molecule has 1 aliphatic heterocycles. The summed E-state index contributed by atoms with van der Waals surface area (Å²) in [6.45, 7) is 6.01. The summed E-state index contributed by atoms with van der Waals surface area (Å²) in [5, 5.41) is 10.3. The molecule has 4 rings (SSSR count). The molecule has 0 atom stereocenters. The number of aryl methyl sites for hydroxylation is 2. The number of nitrogens with one attached hydrogen (secondary N) is 1. The third-order valence-electron chi connectivity index (χ3n) is 5.40. The van der Waals surface area contributed by atoms with Gasteiger partial charge in [-0.15, -0.1) is 0 Å². The lowest BCUT2D eigenvalue weighted by Crippen LogP contribution is -3.12. The van der Waals surface area contributed by atoms with Crippen molar-refractivity contribution in [2.24, 2.45) is 0 Å². The first kappa shape index (κ1) is 22.2. The number of halogens is 3. The van der Waals surface area contributed by atoms with Crippen LogP contribution in [-0.2, 0) is 17.5 Å². The van der Waals surface area contributed by atoms with E-state index in [9.17, 15) is 23.1 Å². The molecule has 6 nitrogen and oxygen atoms in total. The SMILES string of the molecule is Cc1cc(C)cc(Oc2c(C(F)(F)F)oc3c(C[NH+]4CCOCC4)c(O)ccc3c2=O)c1. The van der Waals surface area contributed by atoms with Crippen LogP contribution in [0.15, 0.2) is 39.5 Å². The second-order valence-electron chi connectivity index (χ2n) is 7.99. The van der Waals surface area contributed by atoms with Gasteiger partial charge in [-0.2, -0.15) is 13.2 Å². The Bertz CT molecular complexity index is 1190. The van der Waals surface area contributed by atoms with E-state index in [1.54, 1.807) is 26.0 Å². The lowest BCUT2D eigenvalue weighted by atomic mass is 10.1. The fraction of sp³-hybridized carbons (Fsp3) is 0.348. The molecule has 0 spiro atoms. The molecule has 170 valence electrons. The predicted octanol–water partition coefficient (Wildman–Crippen LogP) is 3.34. The zero-order valence-corrected chi connectivity index (χ0v) is 17.6. The maximum absolute atomic E-state index is 13.9. The highest BCUT2D eigenvalue weighted by atomic mass is 19.4. The van der Waals surface area contributed by atoms with E-state index in [4.69, 9.17) is 13.9 Å². The fourth-order valence-corrected chi connectivity index (χ4v) is 3.93. The number of benzene rings is 2. The van der Waals surface area contributed by atoms with Crippen LogP contribution in [0.3, 0.4) is 0 Å². The molecule has 1 aromatic heterocycles. The summed E-state index contributed by atoms with van der Waals surface area (Å²) < 4.78 is 57.8. The van der Waals surface area contributed by atoms with Gasteiger partial charge in [0.2, 0.25) is 11.2 Å². The van der Waals surface area contributed by atoms with E-state index in [1.165, 1.54) is 12.1 Å². The van der Waals surface area contributed by atoms with E-state index >= 15 is 0 Å². The third kappa shape index (κ3) is 4.44. The van der Waals surface area contributed by atoms with Gasteiger partial charge >= 0.3 is 6.18 Å². The molecule has 1 saturated heterocycles. The van der Waals surface area contributed by atoms with Crippen LogP contribution in [-0.4, -0.2) is 31.4 Å². The monoisotopic (exact) mass is 450 g/mol. The molecule has 0 saturated carbocycles. The molecule has 2 heterocycles. The highest BCUT2D eigenvalue weighted by Crippen LogP contribution is 2.40. The number of quaternary nitrogens is 1. The molecule has 32 heavy (non-hydrogen) atoms. The van der Waals surface area contributed by atoms with E-state index in [0.29, 0.717) is 26.3 Å². The zero-order valence-electron chi connectivity index (χ0n) is 17.6. The van der Waals surface area contributed by atoms with Crippen LogP contribution in [0, 0.1) is 13.8 Å². The molecule has 3 aromatic rings. The molecule has 1 aliphatic rings. The zero-order chi connectivity index (χ0) is 23.0. The number of hydrogen-bond donors (Lipinski definition) is 2. The van der Waals surface area contributed by atoms with Crippen LogP contribution >= 0.6 is 0 Å². The van der Waals surface area contributed by atoms with Crippen molar-refractivity contribution in [3.05, 3.63) is 63.0 Å². The average molecular weight is 450 g/mol. The highest BCUT2D eigenvalue weighted by Gasteiger charge is 2.41. The lowest BCUT2D eigenvalue weighted by Gasteiger charge is -2.24. The minimum atomic E-state index is -4.98. The fourth-order valence-electron chi connectivity index (χ4n) is 3.93.